The van der Waals surface area contributed by atoms with Gasteiger partial charge in [-0.15, -0.1) is 0 Å². The molecule has 1 amide bonds. The smallest absolute Gasteiger partial charge is 0.264 e. The SMILES string of the molecule is N#Cc1cccc(S(=O)(=O)N(Cc2ccc(Cl)cc2)c2ccc(F)c(C(=O)N3CCC(O)C3)c2)c1. The van der Waals surface area contributed by atoms with Crippen LogP contribution in [0, 0.1) is 17.1 Å². The second kappa shape index (κ2) is 10.0. The number of likely N-dealkylation sites (tertiary alicyclic amines) is 1. The largest absolute Gasteiger partial charge is 0.391 e. The Kier molecular flexibility index (Phi) is 7.08. The number of hydrogen-bond acceptors (Lipinski definition) is 5. The van der Waals surface area contributed by atoms with Crippen LogP contribution < -0.4 is 4.31 Å². The van der Waals surface area contributed by atoms with Gasteiger partial charge in [0.2, 0.25) is 0 Å². The summed E-state index contributed by atoms with van der Waals surface area (Å²) in [6, 6.07) is 17.6. The number of halogens is 2. The van der Waals surface area contributed by atoms with Crippen LogP contribution in [0.3, 0.4) is 0 Å². The second-order valence-corrected chi connectivity index (χ2v) is 10.4. The van der Waals surface area contributed by atoms with Crippen molar-refractivity contribution in [2.75, 3.05) is 17.4 Å². The van der Waals surface area contributed by atoms with Crippen molar-refractivity contribution < 1.29 is 22.7 Å². The Morgan fingerprint density at radius 2 is 1.91 bits per heavy atom. The Bertz CT molecular complexity index is 1410. The molecule has 0 bridgehead atoms. The molecule has 1 aliphatic rings. The molecule has 3 aromatic carbocycles. The summed E-state index contributed by atoms with van der Waals surface area (Å²) in [5.41, 5.74) is 0.555. The van der Waals surface area contributed by atoms with Crippen LogP contribution in [0.25, 0.3) is 0 Å². The van der Waals surface area contributed by atoms with Gasteiger partial charge in [0.15, 0.2) is 0 Å². The number of nitrogens with zero attached hydrogens (tertiary/aromatic N) is 3. The summed E-state index contributed by atoms with van der Waals surface area (Å²) < 4.78 is 43.2. The minimum absolute atomic E-state index is 0.0757. The van der Waals surface area contributed by atoms with E-state index >= 15 is 0 Å². The first-order valence-corrected chi connectivity index (χ1v) is 12.5. The third-order valence-corrected chi connectivity index (χ3v) is 7.73. The molecule has 1 aliphatic heterocycles. The predicted molar refractivity (Wildman–Crippen MR) is 129 cm³/mol. The number of carbonyl (C=O) groups is 1. The molecular formula is C25H21ClFN3O4S. The summed E-state index contributed by atoms with van der Waals surface area (Å²) in [5, 5.41) is 19.5. The molecule has 1 N–H and O–H groups in total. The summed E-state index contributed by atoms with van der Waals surface area (Å²) in [7, 11) is -4.22. The van der Waals surface area contributed by atoms with Gasteiger partial charge in [-0.25, -0.2) is 12.8 Å². The van der Waals surface area contributed by atoms with E-state index in [0.717, 1.165) is 10.4 Å². The summed E-state index contributed by atoms with van der Waals surface area (Å²) in [5.74, 6) is -1.42. The van der Waals surface area contributed by atoms with E-state index in [1.165, 1.54) is 41.3 Å². The van der Waals surface area contributed by atoms with Gasteiger partial charge >= 0.3 is 0 Å². The number of carbonyl (C=O) groups excluding carboxylic acids is 1. The lowest BCUT2D eigenvalue weighted by molar-refractivity contribution is 0.0760. The van der Waals surface area contributed by atoms with Crippen molar-refractivity contribution in [3.05, 3.63) is 94.3 Å². The number of β-amino-alcohol motifs (C(OH)–C–C–N with tert-alkyl or cyclic N) is 1. The fraction of sp³-hybridized carbons (Fsp3) is 0.200. The van der Waals surface area contributed by atoms with E-state index in [9.17, 15) is 28.0 Å². The maximum atomic E-state index is 14.7. The van der Waals surface area contributed by atoms with Crippen molar-refractivity contribution in [1.82, 2.24) is 4.90 Å². The number of amides is 1. The zero-order valence-electron chi connectivity index (χ0n) is 18.4. The Labute approximate surface area is 207 Å². The van der Waals surface area contributed by atoms with Gasteiger partial charge in [0, 0.05) is 18.1 Å². The maximum Gasteiger partial charge on any atom is 0.264 e. The number of benzene rings is 3. The van der Waals surface area contributed by atoms with Crippen molar-refractivity contribution in [2.24, 2.45) is 0 Å². The van der Waals surface area contributed by atoms with Gasteiger partial charge in [-0.3, -0.25) is 9.10 Å². The highest BCUT2D eigenvalue weighted by atomic mass is 35.5. The van der Waals surface area contributed by atoms with E-state index in [0.29, 0.717) is 17.0 Å². The monoisotopic (exact) mass is 513 g/mol. The molecule has 1 saturated heterocycles. The van der Waals surface area contributed by atoms with E-state index in [1.54, 1.807) is 24.3 Å². The molecule has 0 aromatic heterocycles. The van der Waals surface area contributed by atoms with Crippen molar-refractivity contribution in [1.29, 1.82) is 5.26 Å². The summed E-state index contributed by atoms with van der Waals surface area (Å²) in [6.07, 6.45) is -0.293. The predicted octanol–water partition coefficient (Wildman–Crippen LogP) is 3.95. The van der Waals surface area contributed by atoms with E-state index < -0.39 is 27.9 Å². The van der Waals surface area contributed by atoms with Crippen LogP contribution >= 0.6 is 11.6 Å². The highest BCUT2D eigenvalue weighted by Gasteiger charge is 2.30. The number of aliphatic hydroxyl groups excluding tert-OH is 1. The molecular weight excluding hydrogens is 493 g/mol. The van der Waals surface area contributed by atoms with Gasteiger partial charge in [0.25, 0.3) is 15.9 Å². The molecule has 35 heavy (non-hydrogen) atoms. The first kappa shape index (κ1) is 24.7. The number of rotatable bonds is 6. The first-order valence-electron chi connectivity index (χ1n) is 10.7. The molecule has 3 aromatic rings. The molecule has 1 atom stereocenters. The van der Waals surface area contributed by atoms with Crippen molar-refractivity contribution >= 4 is 33.2 Å². The second-order valence-electron chi connectivity index (χ2n) is 8.14. The standard InChI is InChI=1S/C25H21ClFN3O4S/c26-19-6-4-17(5-7-19)15-30(35(33,34)22-3-1-2-18(12-22)14-28)20-8-9-24(27)23(13-20)25(32)29-11-10-21(31)16-29/h1-9,12-13,21,31H,10-11,15-16H2. The Morgan fingerprint density at radius 1 is 1.17 bits per heavy atom. The molecule has 180 valence electrons. The van der Waals surface area contributed by atoms with Crippen LogP contribution in [0.15, 0.2) is 71.6 Å². The van der Waals surface area contributed by atoms with Crippen LogP contribution in [0.2, 0.25) is 5.02 Å². The molecule has 7 nitrogen and oxygen atoms in total. The van der Waals surface area contributed by atoms with Crippen LogP contribution in [0.1, 0.15) is 27.9 Å². The number of anilines is 1. The van der Waals surface area contributed by atoms with Crippen molar-refractivity contribution in [2.45, 2.75) is 24.0 Å². The van der Waals surface area contributed by atoms with Crippen LogP contribution in [-0.4, -0.2) is 43.5 Å². The van der Waals surface area contributed by atoms with Gasteiger partial charge < -0.3 is 10.0 Å². The molecule has 4 rings (SSSR count). The first-order chi connectivity index (χ1) is 16.7. The number of sulfonamides is 1. The van der Waals surface area contributed by atoms with Crippen LogP contribution in [0.4, 0.5) is 10.1 Å². The topological polar surface area (TPSA) is 102 Å². The van der Waals surface area contributed by atoms with Gasteiger partial charge in [-0.2, -0.15) is 5.26 Å². The summed E-state index contributed by atoms with van der Waals surface area (Å²) >= 11 is 5.97. The average Bonchev–Trinajstić information content (AvgIpc) is 3.30. The van der Waals surface area contributed by atoms with Gasteiger partial charge in [0.05, 0.1) is 40.4 Å². The molecule has 0 saturated carbocycles. The normalized spacial score (nSPS) is 15.6. The van der Waals surface area contributed by atoms with Crippen molar-refractivity contribution in [3.63, 3.8) is 0 Å². The minimum atomic E-state index is -4.22. The van der Waals surface area contributed by atoms with Gasteiger partial charge in [0.1, 0.15) is 5.82 Å². The third kappa shape index (κ3) is 5.30. The highest BCUT2D eigenvalue weighted by molar-refractivity contribution is 7.92. The maximum absolute atomic E-state index is 14.7. The zero-order valence-corrected chi connectivity index (χ0v) is 20.0. The highest BCUT2D eigenvalue weighted by Crippen LogP contribution is 2.29. The number of hydrogen-bond donors (Lipinski definition) is 1. The number of nitriles is 1. The van der Waals surface area contributed by atoms with Crippen LogP contribution in [0.5, 0.6) is 0 Å². The van der Waals surface area contributed by atoms with Crippen molar-refractivity contribution in [3.8, 4) is 6.07 Å². The fourth-order valence-electron chi connectivity index (χ4n) is 3.85. The lowest BCUT2D eigenvalue weighted by Gasteiger charge is -2.26. The fourth-order valence-corrected chi connectivity index (χ4v) is 5.47. The Morgan fingerprint density at radius 3 is 2.57 bits per heavy atom. The Hall–Kier alpha value is -3.45. The van der Waals surface area contributed by atoms with E-state index in [4.69, 9.17) is 11.6 Å². The zero-order chi connectivity index (χ0) is 25.2. The molecule has 0 radical (unpaired) electrons. The number of aliphatic hydroxyl groups is 1. The molecule has 1 heterocycles. The summed E-state index contributed by atoms with van der Waals surface area (Å²) in [4.78, 5) is 14.2. The minimum Gasteiger partial charge on any atom is -0.391 e. The summed E-state index contributed by atoms with van der Waals surface area (Å²) in [6.45, 7) is 0.228. The van der Waals surface area contributed by atoms with E-state index in [-0.39, 0.29) is 41.3 Å². The van der Waals surface area contributed by atoms with E-state index in [2.05, 4.69) is 0 Å². The van der Waals surface area contributed by atoms with Gasteiger partial charge in [-0.1, -0.05) is 29.8 Å². The molecule has 0 spiro atoms. The van der Waals surface area contributed by atoms with Crippen LogP contribution in [-0.2, 0) is 16.6 Å². The molecule has 1 fully saturated rings. The molecule has 10 heteroatoms. The lowest BCUT2D eigenvalue weighted by atomic mass is 10.1. The lowest BCUT2D eigenvalue weighted by Crippen LogP contribution is -2.32. The van der Waals surface area contributed by atoms with Gasteiger partial charge in [-0.05, 0) is 60.5 Å². The molecule has 1 unspecified atom stereocenters. The third-order valence-electron chi connectivity index (χ3n) is 5.71. The Balaban J connectivity index is 1.79. The molecule has 0 aliphatic carbocycles. The average molecular weight is 514 g/mol. The van der Waals surface area contributed by atoms with E-state index in [1.807, 2.05) is 6.07 Å². The quantitative estimate of drug-likeness (QED) is 0.537.